The van der Waals surface area contributed by atoms with E-state index in [-0.39, 0.29) is 31.0 Å². The van der Waals surface area contributed by atoms with Crippen LogP contribution in [0.4, 0.5) is 0 Å². The molecule has 0 saturated carbocycles. The fourth-order valence-electron chi connectivity index (χ4n) is 3.06. The molecule has 0 saturated heterocycles. The summed E-state index contributed by atoms with van der Waals surface area (Å²) in [6.07, 6.45) is 21.9. The van der Waals surface area contributed by atoms with Gasteiger partial charge in [-0.3, -0.25) is 12.2 Å². The Morgan fingerprint density at radius 3 is 1.22 bits per heavy atom. The normalized spacial score (nSPS) is 14.9. The van der Waals surface area contributed by atoms with Gasteiger partial charge < -0.3 is 24.8 Å². The van der Waals surface area contributed by atoms with Gasteiger partial charge in [0.25, 0.3) is 0 Å². The van der Waals surface area contributed by atoms with Gasteiger partial charge in [-0.1, -0.05) is 91.7 Å². The van der Waals surface area contributed by atoms with Crippen molar-refractivity contribution in [2.24, 2.45) is 0 Å². The predicted molar refractivity (Wildman–Crippen MR) is 142 cm³/mol. The zero-order chi connectivity index (χ0) is 23.4. The van der Waals surface area contributed by atoms with Gasteiger partial charge in [0.2, 0.25) is 0 Å². The third kappa shape index (κ3) is 18.3. The zero-order valence-electron chi connectivity index (χ0n) is 22.6. The molecule has 32 heavy (non-hydrogen) atoms. The Labute approximate surface area is 228 Å². The summed E-state index contributed by atoms with van der Waals surface area (Å²) in [7, 11) is -2.05. The van der Waals surface area contributed by atoms with Crippen molar-refractivity contribution in [2.75, 3.05) is 0 Å². The smallest absolute Gasteiger partial charge is 1.00 e. The number of halogens is 2. The van der Waals surface area contributed by atoms with E-state index in [1.165, 1.54) is 49.7 Å². The summed E-state index contributed by atoms with van der Waals surface area (Å²) >= 11 is 2.27. The third-order valence-electron chi connectivity index (χ3n) is 5.23. The van der Waals surface area contributed by atoms with E-state index in [0.717, 1.165) is 12.8 Å². The van der Waals surface area contributed by atoms with Crippen molar-refractivity contribution in [1.82, 2.24) is 0 Å². The predicted octanol–water partition coefficient (Wildman–Crippen LogP) is 3.02. The summed E-state index contributed by atoms with van der Waals surface area (Å²) in [5, 5.41) is 3.36. The molecule has 2 aliphatic carbocycles. The van der Waals surface area contributed by atoms with Gasteiger partial charge in [0, 0.05) is 0 Å². The molecule has 0 amide bonds. The van der Waals surface area contributed by atoms with E-state index in [1.54, 1.807) is 10.4 Å². The van der Waals surface area contributed by atoms with Crippen molar-refractivity contribution in [3.63, 3.8) is 0 Å². The third-order valence-corrected chi connectivity index (χ3v) is 9.73. The van der Waals surface area contributed by atoms with Crippen molar-refractivity contribution in [3.05, 3.63) is 45.8 Å². The van der Waals surface area contributed by atoms with Crippen LogP contribution in [0.2, 0.25) is 52.4 Å². The van der Waals surface area contributed by atoms with Gasteiger partial charge in [-0.25, -0.2) is 23.3 Å². The van der Waals surface area contributed by atoms with Crippen LogP contribution < -0.4 is 24.8 Å². The first-order valence-corrected chi connectivity index (χ1v) is 23.8. The van der Waals surface area contributed by atoms with E-state index in [4.69, 9.17) is 0 Å². The molecule has 0 atom stereocenters. The number of hydrogen-bond acceptors (Lipinski definition) is 0. The molecule has 0 bridgehead atoms. The number of allylic oxidation sites excluding steroid dienone is 8. The molecule has 0 spiro atoms. The first-order valence-electron chi connectivity index (χ1n) is 11.9. The minimum Gasteiger partial charge on any atom is -1.00 e. The minimum atomic E-state index is -1.03. The van der Waals surface area contributed by atoms with Gasteiger partial charge in [0.05, 0.1) is 16.1 Å². The fraction of sp³-hybridized carbons (Fsp3) is 0.692. The molecule has 2 rings (SSSR count). The second-order valence-electron chi connectivity index (χ2n) is 10.8. The van der Waals surface area contributed by atoms with E-state index < -0.39 is 16.1 Å². The second kappa shape index (κ2) is 19.1. The molecule has 0 N–H and O–H groups in total. The van der Waals surface area contributed by atoms with Crippen molar-refractivity contribution < 1.29 is 44.0 Å². The van der Waals surface area contributed by atoms with Crippen molar-refractivity contribution >= 4 is 22.3 Å². The Balaban J connectivity index is -0.000000428. The van der Waals surface area contributed by atoms with Crippen LogP contribution in [0.3, 0.4) is 0 Å². The molecule has 6 heteroatoms. The van der Waals surface area contributed by atoms with E-state index in [0.29, 0.717) is 0 Å². The largest absolute Gasteiger partial charge is 1.00 e. The summed E-state index contributed by atoms with van der Waals surface area (Å²) in [6.45, 7) is 23.6. The standard InChI is InChI=1S/2C12H21Si.C2H6Si.2ClH.Ti/c2*1-5-6-7-11-8-9-12(10-11)13(2,3)4;1-3-2;;;/h2*10H,5-7,9H2,1-4H3;1-2H3;2*1H;/q2*-1;;;;+2/p-2. The molecule has 184 valence electrons. The molecular weight excluding hydrogens is 515 g/mol. The summed E-state index contributed by atoms with van der Waals surface area (Å²) in [4.78, 5) is 0. The van der Waals surface area contributed by atoms with Crippen molar-refractivity contribution in [1.29, 1.82) is 0 Å². The van der Waals surface area contributed by atoms with Crippen LogP contribution in [0.1, 0.15) is 65.2 Å². The fourth-order valence-corrected chi connectivity index (χ4v) is 5.51. The van der Waals surface area contributed by atoms with Crippen LogP contribution in [-0.2, 0) is 19.2 Å². The molecule has 0 radical (unpaired) electrons. The Bertz CT molecular complexity index is 608. The van der Waals surface area contributed by atoms with Crippen LogP contribution >= 0.6 is 0 Å². The number of rotatable bonds is 8. The molecule has 0 heterocycles. The molecule has 0 aromatic heterocycles. The SMILES string of the molecule is CCCCC1=[C-]CC([Si](C)(C)C)=C1.CCCCC1=[C-]CC([Si](C)(C)C)=C1.C[Si](C)=[Ti+2].[Cl-].[Cl-]. The van der Waals surface area contributed by atoms with E-state index in [9.17, 15) is 0 Å². The maximum atomic E-state index is 3.51. The van der Waals surface area contributed by atoms with Gasteiger partial charge in [0.1, 0.15) is 0 Å². The van der Waals surface area contributed by atoms with Crippen LogP contribution in [0.15, 0.2) is 33.7 Å². The molecule has 0 fully saturated rings. The quantitative estimate of drug-likeness (QED) is 0.315. The van der Waals surface area contributed by atoms with Gasteiger partial charge >= 0.3 is 38.5 Å². The first-order chi connectivity index (χ1) is 13.8. The molecule has 0 unspecified atom stereocenters. The summed E-state index contributed by atoms with van der Waals surface area (Å²) in [5.74, 6) is 0. The number of unbranched alkanes of at least 4 members (excludes halogenated alkanes) is 2. The molecular formula is C26H48Cl2Si3Ti-2. The molecule has 0 aliphatic heterocycles. The summed E-state index contributed by atoms with van der Waals surface area (Å²) < 4.78 is 0. The van der Waals surface area contributed by atoms with E-state index >= 15 is 0 Å². The summed E-state index contributed by atoms with van der Waals surface area (Å²) in [6, 6.07) is 0. The molecule has 0 aromatic rings. The Morgan fingerprint density at radius 1 is 0.750 bits per heavy atom. The van der Waals surface area contributed by atoms with Gasteiger partial charge in [-0.15, -0.1) is 12.8 Å². The average molecular weight is 564 g/mol. The topological polar surface area (TPSA) is 0 Å². The average Bonchev–Trinajstić information content (AvgIpc) is 3.27. The second-order valence-corrected chi connectivity index (χ2v) is 27.8. The Morgan fingerprint density at radius 2 is 1.03 bits per heavy atom. The van der Waals surface area contributed by atoms with Crippen LogP contribution in [0.5, 0.6) is 0 Å². The van der Waals surface area contributed by atoms with Gasteiger partial charge in [0.15, 0.2) is 0 Å². The molecule has 0 nitrogen and oxygen atoms in total. The van der Waals surface area contributed by atoms with E-state index in [2.05, 4.69) is 110 Å². The molecule has 0 aromatic carbocycles. The van der Waals surface area contributed by atoms with Crippen molar-refractivity contribution in [3.8, 4) is 0 Å². The first kappa shape index (κ1) is 37.5. The Kier molecular flexibility index (Phi) is 22.4. The van der Waals surface area contributed by atoms with E-state index in [1.807, 2.05) is 0 Å². The number of hydrogen-bond donors (Lipinski definition) is 0. The summed E-state index contributed by atoms with van der Waals surface area (Å²) in [5.41, 5.74) is 2.94. The zero-order valence-corrected chi connectivity index (χ0v) is 28.6. The Hall–Kier alpha value is 0.905. The monoisotopic (exact) mass is 562 g/mol. The van der Waals surface area contributed by atoms with Gasteiger partial charge in [-0.05, 0) is 0 Å². The van der Waals surface area contributed by atoms with Gasteiger partial charge in [-0.2, -0.15) is 10.4 Å². The molecule has 2 aliphatic rings. The maximum Gasteiger partial charge on any atom is -1.00 e. The van der Waals surface area contributed by atoms with Crippen molar-refractivity contribution in [2.45, 2.75) is 118 Å². The van der Waals surface area contributed by atoms with Crippen LogP contribution in [0, 0.1) is 12.2 Å². The maximum absolute atomic E-state index is 3.51. The minimum absolute atomic E-state index is 0. The van der Waals surface area contributed by atoms with Crippen LogP contribution in [-0.4, -0.2) is 22.3 Å². The van der Waals surface area contributed by atoms with Crippen LogP contribution in [0.25, 0.3) is 0 Å².